The van der Waals surface area contributed by atoms with Gasteiger partial charge in [-0.05, 0) is 35.9 Å². The van der Waals surface area contributed by atoms with E-state index in [2.05, 4.69) is 26.2 Å². The SMILES string of the molecule is COc1ccc(Br)c(CNc2cccnc2OC)c1. The van der Waals surface area contributed by atoms with Gasteiger partial charge in [0.05, 0.1) is 19.9 Å². The van der Waals surface area contributed by atoms with E-state index in [1.54, 1.807) is 20.4 Å². The molecule has 0 bridgehead atoms. The van der Waals surface area contributed by atoms with Crippen molar-refractivity contribution in [3.63, 3.8) is 0 Å². The average Bonchev–Trinajstić information content (AvgIpc) is 2.46. The van der Waals surface area contributed by atoms with Crippen LogP contribution in [0.1, 0.15) is 5.56 Å². The van der Waals surface area contributed by atoms with E-state index < -0.39 is 0 Å². The Morgan fingerprint density at radius 3 is 2.79 bits per heavy atom. The molecule has 0 saturated carbocycles. The van der Waals surface area contributed by atoms with Crippen molar-refractivity contribution < 1.29 is 9.47 Å². The molecule has 100 valence electrons. The van der Waals surface area contributed by atoms with Gasteiger partial charge in [0.2, 0.25) is 5.88 Å². The van der Waals surface area contributed by atoms with Gasteiger partial charge in [0.25, 0.3) is 0 Å². The van der Waals surface area contributed by atoms with Crippen LogP contribution in [0.3, 0.4) is 0 Å². The van der Waals surface area contributed by atoms with Crippen LogP contribution in [0.15, 0.2) is 41.0 Å². The summed E-state index contributed by atoms with van der Waals surface area (Å²) in [6, 6.07) is 9.67. The molecule has 0 saturated heterocycles. The van der Waals surface area contributed by atoms with Crippen molar-refractivity contribution >= 4 is 21.6 Å². The quantitative estimate of drug-likeness (QED) is 0.915. The number of hydrogen-bond acceptors (Lipinski definition) is 4. The monoisotopic (exact) mass is 322 g/mol. The second-order valence-electron chi connectivity index (χ2n) is 3.87. The zero-order valence-corrected chi connectivity index (χ0v) is 12.4. The molecule has 0 spiro atoms. The Kier molecular flexibility index (Phi) is 4.63. The second-order valence-corrected chi connectivity index (χ2v) is 4.73. The van der Waals surface area contributed by atoms with Gasteiger partial charge >= 0.3 is 0 Å². The highest BCUT2D eigenvalue weighted by atomic mass is 79.9. The summed E-state index contributed by atoms with van der Waals surface area (Å²) < 4.78 is 11.5. The van der Waals surface area contributed by atoms with Gasteiger partial charge in [-0.25, -0.2) is 4.98 Å². The van der Waals surface area contributed by atoms with Gasteiger partial charge in [-0.1, -0.05) is 15.9 Å². The molecule has 4 nitrogen and oxygen atoms in total. The third-order valence-corrected chi connectivity index (χ3v) is 3.46. The Bertz CT molecular complexity index is 561. The standard InChI is InChI=1S/C14H15BrN2O2/c1-18-11-5-6-12(15)10(8-11)9-17-13-4-3-7-16-14(13)19-2/h3-8,17H,9H2,1-2H3. The first-order valence-electron chi connectivity index (χ1n) is 5.80. The van der Waals surface area contributed by atoms with Gasteiger partial charge < -0.3 is 14.8 Å². The molecule has 0 fully saturated rings. The number of aromatic nitrogens is 1. The molecular weight excluding hydrogens is 308 g/mol. The Balaban J connectivity index is 2.14. The van der Waals surface area contributed by atoms with Crippen molar-refractivity contribution in [2.75, 3.05) is 19.5 Å². The molecule has 0 aliphatic carbocycles. The van der Waals surface area contributed by atoms with Crippen LogP contribution in [0.5, 0.6) is 11.6 Å². The fourth-order valence-corrected chi connectivity index (χ4v) is 2.08. The Morgan fingerprint density at radius 2 is 2.05 bits per heavy atom. The summed E-state index contributed by atoms with van der Waals surface area (Å²) in [4.78, 5) is 4.14. The van der Waals surface area contributed by atoms with E-state index in [0.29, 0.717) is 12.4 Å². The van der Waals surface area contributed by atoms with Crippen LogP contribution in [0.4, 0.5) is 5.69 Å². The van der Waals surface area contributed by atoms with Crippen LogP contribution in [0.2, 0.25) is 0 Å². The molecule has 0 unspecified atom stereocenters. The van der Waals surface area contributed by atoms with Crippen molar-refractivity contribution in [1.82, 2.24) is 4.98 Å². The van der Waals surface area contributed by atoms with E-state index in [1.165, 1.54) is 0 Å². The topological polar surface area (TPSA) is 43.4 Å². The molecule has 2 aromatic rings. The number of hydrogen-bond donors (Lipinski definition) is 1. The molecule has 1 heterocycles. The van der Waals surface area contributed by atoms with Gasteiger partial charge in [0.15, 0.2) is 0 Å². The first kappa shape index (κ1) is 13.7. The normalized spacial score (nSPS) is 10.1. The molecule has 0 aliphatic heterocycles. The number of pyridine rings is 1. The lowest BCUT2D eigenvalue weighted by molar-refractivity contribution is 0.399. The lowest BCUT2D eigenvalue weighted by Crippen LogP contribution is -2.03. The minimum atomic E-state index is 0.585. The maximum Gasteiger partial charge on any atom is 0.237 e. The first-order valence-corrected chi connectivity index (χ1v) is 6.59. The number of nitrogens with zero attached hydrogens (tertiary/aromatic N) is 1. The van der Waals surface area contributed by atoms with Crippen LogP contribution in [-0.4, -0.2) is 19.2 Å². The van der Waals surface area contributed by atoms with Gasteiger partial charge in [-0.15, -0.1) is 0 Å². The summed E-state index contributed by atoms with van der Waals surface area (Å²) in [5, 5.41) is 3.30. The fraction of sp³-hybridized carbons (Fsp3) is 0.214. The van der Waals surface area contributed by atoms with Gasteiger partial charge in [0, 0.05) is 17.2 Å². The molecule has 0 atom stereocenters. The van der Waals surface area contributed by atoms with E-state index in [-0.39, 0.29) is 0 Å². The average molecular weight is 323 g/mol. The molecule has 0 amide bonds. The summed E-state index contributed by atoms with van der Waals surface area (Å²) in [6.45, 7) is 0.653. The van der Waals surface area contributed by atoms with Crippen molar-refractivity contribution in [1.29, 1.82) is 0 Å². The highest BCUT2D eigenvalue weighted by Crippen LogP contribution is 2.25. The van der Waals surface area contributed by atoms with E-state index >= 15 is 0 Å². The van der Waals surface area contributed by atoms with Crippen LogP contribution >= 0.6 is 15.9 Å². The minimum absolute atomic E-state index is 0.585. The van der Waals surface area contributed by atoms with E-state index in [9.17, 15) is 0 Å². The van der Waals surface area contributed by atoms with E-state index in [1.807, 2.05) is 30.3 Å². The number of anilines is 1. The third kappa shape index (κ3) is 3.38. The van der Waals surface area contributed by atoms with Gasteiger partial charge in [-0.2, -0.15) is 0 Å². The molecule has 2 rings (SSSR count). The molecule has 1 aromatic carbocycles. The molecule has 0 radical (unpaired) electrons. The summed E-state index contributed by atoms with van der Waals surface area (Å²) in [7, 11) is 3.26. The smallest absolute Gasteiger partial charge is 0.237 e. The molecule has 5 heteroatoms. The summed E-state index contributed by atoms with van der Waals surface area (Å²) in [5.41, 5.74) is 1.96. The van der Waals surface area contributed by atoms with Crippen molar-refractivity contribution in [3.8, 4) is 11.6 Å². The van der Waals surface area contributed by atoms with Crippen LogP contribution in [0.25, 0.3) is 0 Å². The van der Waals surface area contributed by atoms with Crippen LogP contribution in [0, 0.1) is 0 Å². The maximum absolute atomic E-state index is 5.22. The molecule has 1 N–H and O–H groups in total. The Labute approximate surface area is 120 Å². The van der Waals surface area contributed by atoms with Crippen molar-refractivity contribution in [2.45, 2.75) is 6.54 Å². The van der Waals surface area contributed by atoms with Crippen LogP contribution in [-0.2, 0) is 6.54 Å². The van der Waals surface area contributed by atoms with Gasteiger partial charge in [0.1, 0.15) is 5.75 Å². The summed E-state index contributed by atoms with van der Waals surface area (Å²) in [5.74, 6) is 1.42. The lowest BCUT2D eigenvalue weighted by Gasteiger charge is -2.11. The fourth-order valence-electron chi connectivity index (χ4n) is 1.69. The zero-order valence-electron chi connectivity index (χ0n) is 10.8. The van der Waals surface area contributed by atoms with Crippen LogP contribution < -0.4 is 14.8 Å². The van der Waals surface area contributed by atoms with Gasteiger partial charge in [-0.3, -0.25) is 0 Å². The second kappa shape index (κ2) is 6.43. The number of rotatable bonds is 5. The number of methoxy groups -OCH3 is 2. The number of nitrogens with one attached hydrogen (secondary N) is 1. The Morgan fingerprint density at radius 1 is 1.21 bits per heavy atom. The predicted octanol–water partition coefficient (Wildman–Crippen LogP) is 3.47. The highest BCUT2D eigenvalue weighted by Gasteiger charge is 2.05. The lowest BCUT2D eigenvalue weighted by atomic mass is 10.2. The minimum Gasteiger partial charge on any atom is -0.497 e. The number of benzene rings is 1. The summed E-state index contributed by atoms with van der Waals surface area (Å²) >= 11 is 3.53. The zero-order chi connectivity index (χ0) is 13.7. The van der Waals surface area contributed by atoms with E-state index in [0.717, 1.165) is 21.5 Å². The highest BCUT2D eigenvalue weighted by molar-refractivity contribution is 9.10. The first-order chi connectivity index (χ1) is 9.24. The number of halogens is 1. The number of ether oxygens (including phenoxy) is 2. The molecular formula is C14H15BrN2O2. The third-order valence-electron chi connectivity index (χ3n) is 2.69. The van der Waals surface area contributed by atoms with E-state index in [4.69, 9.17) is 9.47 Å². The molecule has 19 heavy (non-hydrogen) atoms. The summed E-state index contributed by atoms with van der Waals surface area (Å²) in [6.07, 6.45) is 1.70. The maximum atomic E-state index is 5.22. The van der Waals surface area contributed by atoms with Crippen molar-refractivity contribution in [2.24, 2.45) is 0 Å². The largest absolute Gasteiger partial charge is 0.497 e. The van der Waals surface area contributed by atoms with Crippen molar-refractivity contribution in [3.05, 3.63) is 46.6 Å². The predicted molar refractivity (Wildman–Crippen MR) is 78.8 cm³/mol. The Hall–Kier alpha value is -1.75. The molecule has 0 aliphatic rings. The molecule has 1 aromatic heterocycles.